The number of halogens is 2. The topological polar surface area (TPSA) is 64.4 Å². The molecular formula is C11H13Cl2N3O3. The van der Waals surface area contributed by atoms with Gasteiger partial charge in [0.15, 0.2) is 5.15 Å². The van der Waals surface area contributed by atoms with E-state index in [4.69, 9.17) is 27.9 Å². The highest BCUT2D eigenvalue weighted by Crippen LogP contribution is 2.16. The molecule has 2 heterocycles. The first-order valence-electron chi connectivity index (χ1n) is 5.81. The van der Waals surface area contributed by atoms with Crippen molar-refractivity contribution < 1.29 is 9.53 Å². The van der Waals surface area contributed by atoms with Gasteiger partial charge in [0.05, 0.1) is 13.2 Å². The van der Waals surface area contributed by atoms with E-state index in [-0.39, 0.29) is 16.1 Å². The van der Waals surface area contributed by atoms with Crippen molar-refractivity contribution in [2.24, 2.45) is 0 Å². The van der Waals surface area contributed by atoms with Gasteiger partial charge in [-0.3, -0.25) is 14.2 Å². The molecular weight excluding hydrogens is 293 g/mol. The predicted octanol–water partition coefficient (Wildman–Crippen LogP) is 0.970. The van der Waals surface area contributed by atoms with Crippen LogP contribution >= 0.6 is 23.2 Å². The van der Waals surface area contributed by atoms with E-state index in [0.29, 0.717) is 26.3 Å². The smallest absolute Gasteiger partial charge is 0.274 e. The van der Waals surface area contributed by atoms with Gasteiger partial charge in [0.1, 0.15) is 17.4 Å². The van der Waals surface area contributed by atoms with E-state index < -0.39 is 11.6 Å². The molecule has 1 aromatic heterocycles. The number of rotatable bonds is 2. The molecule has 19 heavy (non-hydrogen) atoms. The fourth-order valence-corrected chi connectivity index (χ4v) is 2.14. The van der Waals surface area contributed by atoms with Gasteiger partial charge in [-0.05, 0) is 6.92 Å². The molecule has 1 fully saturated rings. The average molecular weight is 306 g/mol. The molecule has 0 aromatic carbocycles. The average Bonchev–Trinajstić information content (AvgIpc) is 2.44. The van der Waals surface area contributed by atoms with Crippen molar-refractivity contribution in [3.8, 4) is 0 Å². The first-order valence-corrected chi connectivity index (χ1v) is 6.56. The lowest BCUT2D eigenvalue weighted by Gasteiger charge is -2.29. The molecule has 1 aliphatic rings. The third-order valence-corrected chi connectivity index (χ3v) is 3.72. The van der Waals surface area contributed by atoms with Crippen LogP contribution in [0, 0.1) is 0 Å². The molecule has 8 heteroatoms. The molecule has 2 rings (SSSR count). The Bertz CT molecular complexity index is 540. The van der Waals surface area contributed by atoms with Gasteiger partial charge < -0.3 is 9.64 Å². The second kappa shape index (κ2) is 5.90. The Hall–Kier alpha value is -1.11. The van der Waals surface area contributed by atoms with Gasteiger partial charge in [0.25, 0.3) is 5.56 Å². The maximum absolute atomic E-state index is 12.3. The number of morpholine rings is 1. The van der Waals surface area contributed by atoms with Crippen LogP contribution in [0.1, 0.15) is 13.0 Å². The number of aromatic nitrogens is 2. The number of nitrogens with zero attached hydrogens (tertiary/aromatic N) is 3. The van der Waals surface area contributed by atoms with Gasteiger partial charge in [-0.25, -0.2) is 4.98 Å². The summed E-state index contributed by atoms with van der Waals surface area (Å²) >= 11 is 11.4. The molecule has 1 unspecified atom stereocenters. The maximum Gasteiger partial charge on any atom is 0.274 e. The van der Waals surface area contributed by atoms with Crippen LogP contribution in [0.2, 0.25) is 10.2 Å². The Kier molecular flexibility index (Phi) is 4.44. The van der Waals surface area contributed by atoms with Gasteiger partial charge in [0, 0.05) is 13.1 Å². The van der Waals surface area contributed by atoms with E-state index in [1.165, 1.54) is 10.9 Å². The molecule has 1 atom stereocenters. The second-order valence-corrected chi connectivity index (χ2v) is 4.91. The fraction of sp³-hybridized carbons (Fsp3) is 0.545. The van der Waals surface area contributed by atoms with E-state index in [0.717, 1.165) is 0 Å². The van der Waals surface area contributed by atoms with Crippen LogP contribution in [0.25, 0.3) is 0 Å². The molecule has 1 aromatic rings. The minimum atomic E-state index is -0.673. The minimum absolute atomic E-state index is 0.0612. The van der Waals surface area contributed by atoms with Gasteiger partial charge in [-0.15, -0.1) is 0 Å². The van der Waals surface area contributed by atoms with Gasteiger partial charge in [0.2, 0.25) is 5.91 Å². The maximum atomic E-state index is 12.3. The number of hydrogen-bond donors (Lipinski definition) is 0. The van der Waals surface area contributed by atoms with Crippen LogP contribution in [0.5, 0.6) is 0 Å². The lowest BCUT2D eigenvalue weighted by molar-refractivity contribution is -0.138. The summed E-state index contributed by atoms with van der Waals surface area (Å²) in [7, 11) is 0. The van der Waals surface area contributed by atoms with Crippen molar-refractivity contribution in [3.05, 3.63) is 26.9 Å². The first-order chi connectivity index (χ1) is 9.02. The van der Waals surface area contributed by atoms with E-state index in [2.05, 4.69) is 4.98 Å². The van der Waals surface area contributed by atoms with E-state index >= 15 is 0 Å². The number of hydrogen-bond acceptors (Lipinski definition) is 4. The Morgan fingerprint density at radius 3 is 2.68 bits per heavy atom. The summed E-state index contributed by atoms with van der Waals surface area (Å²) in [4.78, 5) is 29.6. The van der Waals surface area contributed by atoms with Crippen LogP contribution in [0.3, 0.4) is 0 Å². The zero-order valence-corrected chi connectivity index (χ0v) is 11.8. The van der Waals surface area contributed by atoms with E-state index in [1.54, 1.807) is 11.8 Å². The zero-order valence-electron chi connectivity index (χ0n) is 10.3. The summed E-state index contributed by atoms with van der Waals surface area (Å²) in [5.41, 5.74) is -0.518. The summed E-state index contributed by atoms with van der Waals surface area (Å²) in [5, 5.41) is -0.236. The lowest BCUT2D eigenvalue weighted by atomic mass is 10.2. The molecule has 0 bridgehead atoms. The van der Waals surface area contributed by atoms with E-state index in [1.807, 2.05) is 0 Å². The monoisotopic (exact) mass is 305 g/mol. The quantitative estimate of drug-likeness (QED) is 0.764. The van der Waals surface area contributed by atoms with Crippen LogP contribution < -0.4 is 5.56 Å². The van der Waals surface area contributed by atoms with E-state index in [9.17, 15) is 9.59 Å². The predicted molar refractivity (Wildman–Crippen MR) is 70.6 cm³/mol. The van der Waals surface area contributed by atoms with Crippen LogP contribution in [0.15, 0.2) is 11.1 Å². The van der Waals surface area contributed by atoms with Crippen molar-refractivity contribution in [2.45, 2.75) is 13.0 Å². The number of amides is 1. The highest BCUT2D eigenvalue weighted by atomic mass is 35.5. The lowest BCUT2D eigenvalue weighted by Crippen LogP contribution is -2.45. The van der Waals surface area contributed by atoms with Crippen molar-refractivity contribution in [1.29, 1.82) is 0 Å². The van der Waals surface area contributed by atoms with Crippen molar-refractivity contribution >= 4 is 29.1 Å². The molecule has 0 radical (unpaired) electrons. The SMILES string of the molecule is CC(C(=O)N1CCOCC1)n1cnc(Cl)c(Cl)c1=O. The summed E-state index contributed by atoms with van der Waals surface area (Å²) in [5.74, 6) is -0.161. The minimum Gasteiger partial charge on any atom is -0.378 e. The number of ether oxygens (including phenoxy) is 1. The molecule has 0 saturated carbocycles. The summed E-state index contributed by atoms with van der Waals surface area (Å²) in [6, 6.07) is -0.673. The Morgan fingerprint density at radius 1 is 1.42 bits per heavy atom. The molecule has 104 valence electrons. The normalized spacial score (nSPS) is 17.3. The third-order valence-electron chi connectivity index (χ3n) is 3.00. The molecule has 0 N–H and O–H groups in total. The highest BCUT2D eigenvalue weighted by Gasteiger charge is 2.25. The van der Waals surface area contributed by atoms with Crippen LogP contribution in [0.4, 0.5) is 0 Å². The van der Waals surface area contributed by atoms with Crippen LogP contribution in [-0.2, 0) is 9.53 Å². The molecule has 0 aliphatic carbocycles. The Balaban J connectivity index is 2.24. The van der Waals surface area contributed by atoms with Crippen molar-refractivity contribution in [3.63, 3.8) is 0 Å². The Labute approximate surface area is 119 Å². The van der Waals surface area contributed by atoms with Gasteiger partial charge in [-0.2, -0.15) is 0 Å². The molecule has 0 spiro atoms. The largest absolute Gasteiger partial charge is 0.378 e. The summed E-state index contributed by atoms with van der Waals surface area (Å²) < 4.78 is 6.37. The highest BCUT2D eigenvalue weighted by molar-refractivity contribution is 6.40. The zero-order chi connectivity index (χ0) is 14.0. The van der Waals surface area contributed by atoms with Crippen LogP contribution in [-0.4, -0.2) is 46.7 Å². The molecule has 1 saturated heterocycles. The number of carbonyl (C=O) groups excluding carboxylic acids is 1. The Morgan fingerprint density at radius 2 is 2.05 bits per heavy atom. The number of carbonyl (C=O) groups is 1. The molecule has 6 nitrogen and oxygen atoms in total. The third kappa shape index (κ3) is 2.91. The van der Waals surface area contributed by atoms with Crippen molar-refractivity contribution in [1.82, 2.24) is 14.5 Å². The standard InChI is InChI=1S/C11H13Cl2N3O3/c1-7(10(17)15-2-4-19-5-3-15)16-6-14-9(13)8(12)11(16)18/h6-7H,2-5H2,1H3. The molecule has 1 amide bonds. The van der Waals surface area contributed by atoms with Crippen molar-refractivity contribution in [2.75, 3.05) is 26.3 Å². The summed E-state index contributed by atoms with van der Waals surface area (Å²) in [6.45, 7) is 3.68. The first kappa shape index (κ1) is 14.3. The summed E-state index contributed by atoms with van der Waals surface area (Å²) in [6.07, 6.45) is 1.24. The second-order valence-electron chi connectivity index (χ2n) is 4.18. The van der Waals surface area contributed by atoms with Gasteiger partial charge in [-0.1, -0.05) is 23.2 Å². The molecule has 1 aliphatic heterocycles. The fourth-order valence-electron chi connectivity index (χ4n) is 1.87. The van der Waals surface area contributed by atoms with Gasteiger partial charge >= 0.3 is 0 Å².